The summed E-state index contributed by atoms with van der Waals surface area (Å²) in [5.41, 5.74) is 3.30. The average Bonchev–Trinajstić information content (AvgIpc) is 2.80. The zero-order valence-electron chi connectivity index (χ0n) is 20.2. The van der Waals surface area contributed by atoms with E-state index in [4.69, 9.17) is 0 Å². The predicted molar refractivity (Wildman–Crippen MR) is 131 cm³/mol. The first-order valence-corrected chi connectivity index (χ1v) is 13.6. The third-order valence-corrected chi connectivity index (χ3v) is 9.13. The molecule has 0 spiro atoms. The van der Waals surface area contributed by atoms with Crippen LogP contribution in [0.1, 0.15) is 108 Å². The lowest BCUT2D eigenvalue weighted by Gasteiger charge is -2.45. The molecule has 1 aromatic rings. The van der Waals surface area contributed by atoms with Crippen LogP contribution in [0.5, 0.6) is 0 Å². The van der Waals surface area contributed by atoms with Crippen LogP contribution in [0.25, 0.3) is 0 Å². The topological polar surface area (TPSA) is 0 Å². The molecule has 2 saturated carbocycles. The number of benzene rings is 1. The molecule has 0 bridgehead atoms. The minimum atomic E-state index is 0.116. The van der Waals surface area contributed by atoms with Crippen LogP contribution in [0.4, 0.5) is 4.39 Å². The van der Waals surface area contributed by atoms with Gasteiger partial charge in [-0.2, -0.15) is 0 Å². The van der Waals surface area contributed by atoms with Gasteiger partial charge < -0.3 is 0 Å². The molecule has 0 saturated heterocycles. The molecule has 172 valence electrons. The molecule has 5 unspecified atom stereocenters. The van der Waals surface area contributed by atoms with Gasteiger partial charge in [0.2, 0.25) is 0 Å². The molecule has 0 radical (unpaired) electrons. The van der Waals surface area contributed by atoms with E-state index in [1.54, 1.807) is 0 Å². The van der Waals surface area contributed by atoms with Crippen molar-refractivity contribution in [2.24, 2.45) is 29.6 Å². The second-order valence-corrected chi connectivity index (χ2v) is 11.1. The van der Waals surface area contributed by atoms with Crippen LogP contribution >= 0.6 is 0 Å². The maximum atomic E-state index is 15.1. The number of rotatable bonds is 8. The van der Waals surface area contributed by atoms with Gasteiger partial charge in [-0.15, -0.1) is 0 Å². The zero-order chi connectivity index (χ0) is 21.6. The fourth-order valence-corrected chi connectivity index (χ4v) is 7.28. The molecule has 1 aromatic carbocycles. The van der Waals surface area contributed by atoms with Gasteiger partial charge in [0, 0.05) is 0 Å². The van der Waals surface area contributed by atoms with E-state index in [0.717, 1.165) is 66.4 Å². The summed E-state index contributed by atoms with van der Waals surface area (Å²) in [7, 11) is 0. The first-order valence-electron chi connectivity index (χ1n) is 13.6. The molecule has 3 aliphatic carbocycles. The van der Waals surface area contributed by atoms with E-state index >= 15 is 4.39 Å². The van der Waals surface area contributed by atoms with Crippen LogP contribution in [-0.4, -0.2) is 0 Å². The number of fused-ring (bicyclic) bond motifs is 2. The second-order valence-electron chi connectivity index (χ2n) is 11.1. The number of unbranched alkanes of at least 4 members (excludes halogenated alkanes) is 2. The van der Waals surface area contributed by atoms with Gasteiger partial charge >= 0.3 is 0 Å². The summed E-state index contributed by atoms with van der Waals surface area (Å²) in [6.07, 6.45) is 23.9. The number of aryl methyl sites for hydroxylation is 1. The summed E-state index contributed by atoms with van der Waals surface area (Å²) in [4.78, 5) is 0. The highest BCUT2D eigenvalue weighted by Gasteiger charge is 2.38. The standard InChI is InChI=1S/C30H45F/c1-3-5-7-9-22-11-12-25-20-26(15-14-24(25)19-22)27-17-18-29-28(21-27)16-13-23(30(29)31)10-8-6-4-2/h4,6,13,16,22,24-27H,3,5,7-12,14-15,17-21H2,1-2H3/b6-4+. The third kappa shape index (κ3) is 5.63. The van der Waals surface area contributed by atoms with Crippen molar-refractivity contribution in [1.29, 1.82) is 0 Å². The van der Waals surface area contributed by atoms with E-state index < -0.39 is 0 Å². The van der Waals surface area contributed by atoms with E-state index in [2.05, 4.69) is 31.2 Å². The van der Waals surface area contributed by atoms with Gasteiger partial charge in [-0.3, -0.25) is 0 Å². The molecule has 3 aliphatic rings. The molecule has 31 heavy (non-hydrogen) atoms. The van der Waals surface area contributed by atoms with Crippen molar-refractivity contribution in [1.82, 2.24) is 0 Å². The first kappa shape index (κ1) is 23.1. The van der Waals surface area contributed by atoms with Gasteiger partial charge in [0.25, 0.3) is 0 Å². The molecule has 4 rings (SSSR count). The van der Waals surface area contributed by atoms with E-state index in [1.807, 2.05) is 6.92 Å². The summed E-state index contributed by atoms with van der Waals surface area (Å²) < 4.78 is 15.1. The van der Waals surface area contributed by atoms with Gasteiger partial charge in [-0.25, -0.2) is 4.39 Å². The van der Waals surface area contributed by atoms with E-state index in [1.165, 1.54) is 76.2 Å². The highest BCUT2D eigenvalue weighted by Crippen LogP contribution is 2.49. The monoisotopic (exact) mass is 424 g/mol. The van der Waals surface area contributed by atoms with Gasteiger partial charge in [0.15, 0.2) is 0 Å². The summed E-state index contributed by atoms with van der Waals surface area (Å²) >= 11 is 0. The Morgan fingerprint density at radius 1 is 0.935 bits per heavy atom. The number of hydrogen-bond acceptors (Lipinski definition) is 0. The highest BCUT2D eigenvalue weighted by molar-refractivity contribution is 5.36. The van der Waals surface area contributed by atoms with Crippen LogP contribution in [0.2, 0.25) is 0 Å². The molecule has 0 nitrogen and oxygen atoms in total. The van der Waals surface area contributed by atoms with Crippen LogP contribution in [0, 0.1) is 35.4 Å². The Bertz CT molecular complexity index is 732. The summed E-state index contributed by atoms with van der Waals surface area (Å²) in [5, 5.41) is 0. The normalized spacial score (nSPS) is 30.9. The fraction of sp³-hybridized carbons (Fsp3) is 0.733. The molecular weight excluding hydrogens is 379 g/mol. The Morgan fingerprint density at radius 3 is 2.52 bits per heavy atom. The largest absolute Gasteiger partial charge is 0.206 e. The van der Waals surface area contributed by atoms with Gasteiger partial charge in [0.05, 0.1) is 0 Å². The van der Waals surface area contributed by atoms with Crippen molar-refractivity contribution in [3.8, 4) is 0 Å². The van der Waals surface area contributed by atoms with Crippen LogP contribution in [-0.2, 0) is 19.3 Å². The van der Waals surface area contributed by atoms with Crippen LogP contribution in [0.3, 0.4) is 0 Å². The summed E-state index contributed by atoms with van der Waals surface area (Å²) in [5.74, 6) is 4.84. The lowest BCUT2D eigenvalue weighted by atomic mass is 9.60. The van der Waals surface area contributed by atoms with Crippen molar-refractivity contribution >= 4 is 0 Å². The van der Waals surface area contributed by atoms with E-state index in [9.17, 15) is 0 Å². The van der Waals surface area contributed by atoms with Crippen LogP contribution in [0.15, 0.2) is 24.3 Å². The molecule has 2 fully saturated rings. The summed E-state index contributed by atoms with van der Waals surface area (Å²) in [6.45, 7) is 4.36. The van der Waals surface area contributed by atoms with Crippen molar-refractivity contribution in [3.63, 3.8) is 0 Å². The lowest BCUT2D eigenvalue weighted by molar-refractivity contribution is 0.0689. The third-order valence-electron chi connectivity index (χ3n) is 9.13. The molecule has 0 N–H and O–H groups in total. The molecule has 1 heteroatoms. The van der Waals surface area contributed by atoms with Gasteiger partial charge in [0.1, 0.15) is 5.82 Å². The Labute approximate surface area is 191 Å². The number of hydrogen-bond donors (Lipinski definition) is 0. The smallest absolute Gasteiger partial charge is 0.129 e. The maximum Gasteiger partial charge on any atom is 0.129 e. The van der Waals surface area contributed by atoms with Crippen molar-refractivity contribution in [2.75, 3.05) is 0 Å². The average molecular weight is 425 g/mol. The first-order chi connectivity index (χ1) is 15.2. The minimum Gasteiger partial charge on any atom is -0.206 e. The minimum absolute atomic E-state index is 0.116. The van der Waals surface area contributed by atoms with E-state index in [-0.39, 0.29) is 5.82 Å². The molecule has 5 atom stereocenters. The van der Waals surface area contributed by atoms with Gasteiger partial charge in [-0.1, -0.05) is 63.3 Å². The van der Waals surface area contributed by atoms with Gasteiger partial charge in [-0.05, 0) is 117 Å². The van der Waals surface area contributed by atoms with Crippen molar-refractivity contribution in [2.45, 2.75) is 110 Å². The second kappa shape index (κ2) is 11.2. The van der Waals surface area contributed by atoms with Crippen LogP contribution < -0.4 is 0 Å². The molecule has 0 aromatic heterocycles. The zero-order valence-corrected chi connectivity index (χ0v) is 20.2. The predicted octanol–water partition coefficient (Wildman–Crippen LogP) is 8.85. The number of halogens is 1. The Hall–Kier alpha value is -1.11. The molecular formula is C30H45F. The Kier molecular flexibility index (Phi) is 8.30. The Balaban J connectivity index is 1.31. The highest BCUT2D eigenvalue weighted by atomic mass is 19.1. The fourth-order valence-electron chi connectivity index (χ4n) is 7.28. The lowest BCUT2D eigenvalue weighted by Crippen LogP contribution is -2.35. The molecule has 0 heterocycles. The SMILES string of the molecule is C/C=C/CCc1ccc2c(c1F)CCC(C1CCC3CC(CCCCC)CCC3C1)C2. The maximum absolute atomic E-state index is 15.1. The Morgan fingerprint density at radius 2 is 1.71 bits per heavy atom. The summed E-state index contributed by atoms with van der Waals surface area (Å²) in [6, 6.07) is 4.35. The van der Waals surface area contributed by atoms with E-state index in [0.29, 0.717) is 0 Å². The number of allylic oxidation sites excluding steroid dienone is 2. The molecule has 0 amide bonds. The van der Waals surface area contributed by atoms with Crippen molar-refractivity contribution in [3.05, 3.63) is 46.8 Å². The quantitative estimate of drug-likeness (QED) is 0.289. The van der Waals surface area contributed by atoms with Crippen molar-refractivity contribution < 1.29 is 4.39 Å². The molecule has 0 aliphatic heterocycles.